The van der Waals surface area contributed by atoms with Gasteiger partial charge in [-0.1, -0.05) is 24.4 Å². The Morgan fingerprint density at radius 2 is 1.97 bits per heavy atom. The van der Waals surface area contributed by atoms with Crippen molar-refractivity contribution < 1.29 is 13.9 Å². The average Bonchev–Trinajstić information content (AvgIpc) is 3.24. The summed E-state index contributed by atoms with van der Waals surface area (Å²) in [5, 5.41) is 3.30. The van der Waals surface area contributed by atoms with E-state index in [0.29, 0.717) is 29.3 Å². The topological polar surface area (TPSA) is 82.3 Å². The van der Waals surface area contributed by atoms with Crippen molar-refractivity contribution in [1.29, 1.82) is 0 Å². The molecule has 0 radical (unpaired) electrons. The van der Waals surface area contributed by atoms with Crippen molar-refractivity contribution in [2.24, 2.45) is 5.73 Å². The van der Waals surface area contributed by atoms with Crippen LogP contribution in [-0.4, -0.2) is 35.2 Å². The van der Waals surface area contributed by atoms with Crippen LogP contribution in [-0.2, 0) is 17.7 Å². The lowest BCUT2D eigenvalue weighted by Gasteiger charge is -2.09. The molecular weight excluding hydrogens is 459 g/mol. The number of benzene rings is 1. The van der Waals surface area contributed by atoms with E-state index in [0.717, 1.165) is 39.4 Å². The number of nitrogens with two attached hydrogens (primary N) is 1. The lowest BCUT2D eigenvalue weighted by atomic mass is 10.1. The second kappa shape index (κ2) is 10.8. The van der Waals surface area contributed by atoms with Gasteiger partial charge in [-0.2, -0.15) is 0 Å². The summed E-state index contributed by atoms with van der Waals surface area (Å²) in [6.45, 7) is 2.18. The molecule has 9 heteroatoms. The Labute approximate surface area is 200 Å². The highest BCUT2D eigenvalue weighted by Crippen LogP contribution is 2.39. The van der Waals surface area contributed by atoms with Crippen molar-refractivity contribution in [3.8, 4) is 22.1 Å². The number of methoxy groups -OCH3 is 1. The highest BCUT2D eigenvalue weighted by Gasteiger charge is 2.14. The number of pyridine rings is 2. The maximum Gasteiger partial charge on any atom is 0.166 e. The minimum absolute atomic E-state index is 0.132. The van der Waals surface area contributed by atoms with Crippen LogP contribution in [0, 0.1) is 5.82 Å². The number of rotatable bonds is 10. The molecule has 3 aromatic heterocycles. The van der Waals surface area contributed by atoms with Crippen molar-refractivity contribution in [2.75, 3.05) is 20.3 Å². The van der Waals surface area contributed by atoms with E-state index in [4.69, 9.17) is 27.4 Å². The molecule has 3 N–H and O–H groups in total. The van der Waals surface area contributed by atoms with Gasteiger partial charge in [0.1, 0.15) is 5.75 Å². The number of thiophene rings is 1. The fraction of sp³-hybridized carbons (Fsp3) is 0.208. The predicted octanol–water partition coefficient (Wildman–Crippen LogP) is 4.85. The van der Waals surface area contributed by atoms with Gasteiger partial charge in [-0.25, -0.2) is 4.39 Å². The molecule has 170 valence electrons. The van der Waals surface area contributed by atoms with E-state index in [1.54, 1.807) is 31.5 Å². The molecule has 0 fully saturated rings. The first kappa shape index (κ1) is 23.2. The molecule has 0 aliphatic rings. The van der Waals surface area contributed by atoms with Gasteiger partial charge in [-0.05, 0) is 35.4 Å². The lowest BCUT2D eigenvalue weighted by molar-refractivity contribution is 0.199. The molecule has 0 saturated heterocycles. The molecule has 3 heterocycles. The first-order valence-electron chi connectivity index (χ1n) is 10.3. The molecule has 0 aliphatic carbocycles. The van der Waals surface area contributed by atoms with Crippen molar-refractivity contribution in [2.45, 2.75) is 13.0 Å². The van der Waals surface area contributed by atoms with Gasteiger partial charge in [-0.15, -0.1) is 11.3 Å². The smallest absolute Gasteiger partial charge is 0.166 e. The SMILES string of the molecule is COCCNCc1ccc(-c2cc3nccc(Oc4ccc(CC(N)=S)cc4F)c3s2)nc1. The molecule has 0 aliphatic heterocycles. The monoisotopic (exact) mass is 482 g/mol. The number of hydrogen-bond acceptors (Lipinski definition) is 7. The number of aromatic nitrogens is 2. The molecule has 0 amide bonds. The second-order valence-electron chi connectivity index (χ2n) is 7.37. The standard InChI is InChI=1S/C24H23FN4O2S2/c1-30-9-8-27-13-16-2-4-18(29-14-16)22-12-19-24(33-22)21(6-7-28-19)31-20-5-3-15(10-17(20)25)11-23(26)32/h2-7,10,12,14,27H,8-9,11,13H2,1H3,(H2,26,32). The minimum Gasteiger partial charge on any atom is -0.453 e. The summed E-state index contributed by atoms with van der Waals surface area (Å²) in [6, 6.07) is 12.5. The zero-order valence-corrected chi connectivity index (χ0v) is 19.6. The predicted molar refractivity (Wildman–Crippen MR) is 133 cm³/mol. The van der Waals surface area contributed by atoms with Crippen LogP contribution in [0.5, 0.6) is 11.5 Å². The number of halogens is 1. The first-order chi connectivity index (χ1) is 16.0. The Balaban J connectivity index is 1.53. The van der Waals surface area contributed by atoms with E-state index in [1.807, 2.05) is 24.4 Å². The molecule has 4 rings (SSSR count). The number of hydrogen-bond donors (Lipinski definition) is 2. The van der Waals surface area contributed by atoms with Gasteiger partial charge in [0.25, 0.3) is 0 Å². The second-order valence-corrected chi connectivity index (χ2v) is 8.94. The van der Waals surface area contributed by atoms with Gasteiger partial charge >= 0.3 is 0 Å². The van der Waals surface area contributed by atoms with Crippen molar-refractivity contribution >= 4 is 38.8 Å². The van der Waals surface area contributed by atoms with Crippen molar-refractivity contribution in [1.82, 2.24) is 15.3 Å². The number of nitrogens with one attached hydrogen (secondary N) is 1. The molecule has 0 unspecified atom stereocenters. The Kier molecular flexibility index (Phi) is 7.56. The maximum absolute atomic E-state index is 14.6. The number of fused-ring (bicyclic) bond motifs is 1. The summed E-state index contributed by atoms with van der Waals surface area (Å²) in [6.07, 6.45) is 3.85. The van der Waals surface area contributed by atoms with E-state index >= 15 is 0 Å². The Hall–Kier alpha value is -2.98. The Bertz CT molecular complexity index is 1260. The van der Waals surface area contributed by atoms with Gasteiger partial charge in [0, 0.05) is 45.1 Å². The maximum atomic E-state index is 14.6. The van der Waals surface area contributed by atoms with Crippen molar-refractivity contribution in [3.05, 3.63) is 71.8 Å². The van der Waals surface area contributed by atoms with Crippen LogP contribution in [0.2, 0.25) is 0 Å². The van der Waals surface area contributed by atoms with Gasteiger partial charge in [0.05, 0.1) is 32.4 Å². The van der Waals surface area contributed by atoms with Crippen LogP contribution in [0.25, 0.3) is 20.8 Å². The molecule has 33 heavy (non-hydrogen) atoms. The third-order valence-electron chi connectivity index (χ3n) is 4.86. The van der Waals surface area contributed by atoms with E-state index in [1.165, 1.54) is 17.4 Å². The third kappa shape index (κ3) is 5.88. The van der Waals surface area contributed by atoms with Gasteiger partial charge in [-0.3, -0.25) is 9.97 Å². The van der Waals surface area contributed by atoms with E-state index in [9.17, 15) is 4.39 Å². The fourth-order valence-corrected chi connectivity index (χ4v) is 4.47. The van der Waals surface area contributed by atoms with Crippen LogP contribution >= 0.6 is 23.6 Å². The van der Waals surface area contributed by atoms with Crippen LogP contribution in [0.1, 0.15) is 11.1 Å². The zero-order chi connectivity index (χ0) is 23.2. The molecule has 0 atom stereocenters. The minimum atomic E-state index is -0.471. The molecule has 0 saturated carbocycles. The molecular formula is C24H23FN4O2S2. The summed E-state index contributed by atoms with van der Waals surface area (Å²) < 4.78 is 26.3. The number of nitrogens with zero attached hydrogens (tertiary/aromatic N) is 2. The zero-order valence-electron chi connectivity index (χ0n) is 18.0. The fourth-order valence-electron chi connectivity index (χ4n) is 3.26. The Morgan fingerprint density at radius 3 is 2.70 bits per heavy atom. The Morgan fingerprint density at radius 1 is 1.12 bits per heavy atom. The van der Waals surface area contributed by atoms with Gasteiger partial charge in [0.15, 0.2) is 11.6 Å². The van der Waals surface area contributed by atoms with Crippen molar-refractivity contribution in [3.63, 3.8) is 0 Å². The summed E-state index contributed by atoms with van der Waals surface area (Å²) in [5.41, 5.74) is 8.96. The number of thiocarbonyl (C=S) groups is 1. The van der Waals surface area contributed by atoms with E-state index in [-0.39, 0.29) is 5.75 Å². The molecule has 1 aromatic carbocycles. The number of ether oxygens (including phenoxy) is 2. The summed E-state index contributed by atoms with van der Waals surface area (Å²) in [7, 11) is 1.68. The first-order valence-corrected chi connectivity index (χ1v) is 11.5. The summed E-state index contributed by atoms with van der Waals surface area (Å²) >= 11 is 6.40. The molecule has 0 bridgehead atoms. The quantitative estimate of drug-likeness (QED) is 0.247. The van der Waals surface area contributed by atoms with E-state index < -0.39 is 5.82 Å². The normalized spacial score (nSPS) is 11.1. The largest absolute Gasteiger partial charge is 0.453 e. The summed E-state index contributed by atoms with van der Waals surface area (Å²) in [5.74, 6) is 0.200. The van der Waals surface area contributed by atoms with Gasteiger partial charge < -0.3 is 20.5 Å². The van der Waals surface area contributed by atoms with Crippen LogP contribution in [0.3, 0.4) is 0 Å². The third-order valence-corrected chi connectivity index (χ3v) is 6.17. The lowest BCUT2D eigenvalue weighted by Crippen LogP contribution is -2.18. The van der Waals surface area contributed by atoms with Crippen LogP contribution < -0.4 is 15.8 Å². The van der Waals surface area contributed by atoms with Crippen LogP contribution in [0.4, 0.5) is 4.39 Å². The van der Waals surface area contributed by atoms with Crippen LogP contribution in [0.15, 0.2) is 54.9 Å². The van der Waals surface area contributed by atoms with Gasteiger partial charge in [0.2, 0.25) is 0 Å². The molecule has 6 nitrogen and oxygen atoms in total. The molecule has 0 spiro atoms. The summed E-state index contributed by atoms with van der Waals surface area (Å²) in [4.78, 5) is 10.3. The highest BCUT2D eigenvalue weighted by atomic mass is 32.1. The van der Waals surface area contributed by atoms with E-state index in [2.05, 4.69) is 15.3 Å². The molecule has 4 aromatic rings. The average molecular weight is 483 g/mol. The highest BCUT2D eigenvalue weighted by molar-refractivity contribution is 7.80.